The lowest BCUT2D eigenvalue weighted by molar-refractivity contribution is -0.137. The minimum atomic E-state index is -0.747. The third-order valence-electron chi connectivity index (χ3n) is 2.21. The van der Waals surface area contributed by atoms with Crippen LogP contribution in [0.15, 0.2) is 24.5 Å². The van der Waals surface area contributed by atoms with E-state index in [1.165, 1.54) is 5.56 Å². The molecule has 0 saturated heterocycles. The Hall–Kier alpha value is -1.42. The van der Waals surface area contributed by atoms with Gasteiger partial charge in [-0.2, -0.15) is 0 Å². The Labute approximate surface area is 89.6 Å². The molecule has 0 aromatic carbocycles. The lowest BCUT2D eigenvalue weighted by atomic mass is 10.2. The smallest absolute Gasteiger partial charge is 0.304 e. The second-order valence-electron chi connectivity index (χ2n) is 3.56. The van der Waals surface area contributed by atoms with Gasteiger partial charge in [0.05, 0.1) is 6.42 Å². The number of aromatic nitrogens is 1. The lowest BCUT2D eigenvalue weighted by Gasteiger charge is -2.14. The number of carboxylic acids is 1. The molecule has 0 spiro atoms. The van der Waals surface area contributed by atoms with Crippen molar-refractivity contribution in [1.29, 1.82) is 0 Å². The Morgan fingerprint density at radius 3 is 2.93 bits per heavy atom. The molecular formula is C11H16N2O2. The number of rotatable bonds is 6. The Morgan fingerprint density at radius 2 is 2.33 bits per heavy atom. The van der Waals surface area contributed by atoms with Crippen LogP contribution in [-0.4, -0.2) is 41.1 Å². The molecule has 0 bridgehead atoms. The van der Waals surface area contributed by atoms with Gasteiger partial charge in [0, 0.05) is 25.5 Å². The molecule has 15 heavy (non-hydrogen) atoms. The lowest BCUT2D eigenvalue weighted by Crippen LogP contribution is -2.24. The Balaban J connectivity index is 2.22. The molecule has 0 aliphatic carbocycles. The van der Waals surface area contributed by atoms with Crippen LogP contribution in [0, 0.1) is 0 Å². The molecule has 1 heterocycles. The first-order valence-electron chi connectivity index (χ1n) is 4.97. The maximum Gasteiger partial charge on any atom is 0.304 e. The standard InChI is InChI=1S/C11H16N2O2/c1-13(8-5-11(14)15)7-4-10-3-2-6-12-9-10/h2-3,6,9H,4-5,7-8H2,1H3,(H,14,15). The van der Waals surface area contributed by atoms with Crippen molar-refractivity contribution in [2.75, 3.05) is 20.1 Å². The maximum absolute atomic E-state index is 10.3. The summed E-state index contributed by atoms with van der Waals surface area (Å²) in [6.07, 6.45) is 4.69. The van der Waals surface area contributed by atoms with E-state index in [4.69, 9.17) is 5.11 Å². The van der Waals surface area contributed by atoms with Gasteiger partial charge in [0.25, 0.3) is 0 Å². The summed E-state index contributed by atoms with van der Waals surface area (Å²) in [4.78, 5) is 16.4. The third-order valence-corrected chi connectivity index (χ3v) is 2.21. The van der Waals surface area contributed by atoms with Crippen LogP contribution in [-0.2, 0) is 11.2 Å². The molecule has 0 radical (unpaired) electrons. The molecule has 1 N–H and O–H groups in total. The largest absolute Gasteiger partial charge is 0.481 e. The van der Waals surface area contributed by atoms with Gasteiger partial charge in [-0.15, -0.1) is 0 Å². The molecule has 0 aliphatic rings. The highest BCUT2D eigenvalue weighted by atomic mass is 16.4. The fraction of sp³-hybridized carbons (Fsp3) is 0.455. The highest BCUT2D eigenvalue weighted by Crippen LogP contribution is 1.98. The molecular weight excluding hydrogens is 192 g/mol. The van der Waals surface area contributed by atoms with Crippen LogP contribution in [0.5, 0.6) is 0 Å². The first kappa shape index (κ1) is 11.7. The van der Waals surface area contributed by atoms with Crippen molar-refractivity contribution in [3.8, 4) is 0 Å². The summed E-state index contributed by atoms with van der Waals surface area (Å²) < 4.78 is 0. The average molecular weight is 208 g/mol. The summed E-state index contributed by atoms with van der Waals surface area (Å²) in [5.74, 6) is -0.747. The monoisotopic (exact) mass is 208 g/mol. The van der Waals surface area contributed by atoms with Crippen molar-refractivity contribution in [2.45, 2.75) is 12.8 Å². The van der Waals surface area contributed by atoms with Crippen molar-refractivity contribution in [3.63, 3.8) is 0 Å². The van der Waals surface area contributed by atoms with Crippen LogP contribution in [0.2, 0.25) is 0 Å². The summed E-state index contributed by atoms with van der Waals surface area (Å²) in [5.41, 5.74) is 1.18. The molecule has 0 amide bonds. The highest BCUT2D eigenvalue weighted by Gasteiger charge is 2.02. The number of likely N-dealkylation sites (N-methyl/N-ethyl adjacent to an activating group) is 1. The molecule has 0 atom stereocenters. The Morgan fingerprint density at radius 1 is 1.53 bits per heavy atom. The van der Waals surface area contributed by atoms with Gasteiger partial charge in [-0.3, -0.25) is 9.78 Å². The molecule has 1 aromatic heterocycles. The quantitative estimate of drug-likeness (QED) is 0.758. The summed E-state index contributed by atoms with van der Waals surface area (Å²) in [5, 5.41) is 8.51. The predicted octanol–water partition coefficient (Wildman–Crippen LogP) is 1.03. The topological polar surface area (TPSA) is 53.4 Å². The number of hydrogen-bond donors (Lipinski definition) is 1. The van der Waals surface area contributed by atoms with Crippen molar-refractivity contribution in [2.24, 2.45) is 0 Å². The van der Waals surface area contributed by atoms with Gasteiger partial charge in [-0.05, 0) is 25.1 Å². The highest BCUT2D eigenvalue weighted by molar-refractivity contribution is 5.66. The Kier molecular flexibility index (Phi) is 4.77. The molecule has 0 unspecified atom stereocenters. The zero-order valence-corrected chi connectivity index (χ0v) is 8.89. The van der Waals surface area contributed by atoms with E-state index in [0.717, 1.165) is 13.0 Å². The zero-order chi connectivity index (χ0) is 11.1. The van der Waals surface area contributed by atoms with Gasteiger partial charge in [0.2, 0.25) is 0 Å². The number of carboxylic acid groups (broad SMARTS) is 1. The molecule has 0 aliphatic heterocycles. The first-order chi connectivity index (χ1) is 7.18. The molecule has 1 rings (SSSR count). The van der Waals surface area contributed by atoms with E-state index in [1.807, 2.05) is 30.3 Å². The van der Waals surface area contributed by atoms with E-state index >= 15 is 0 Å². The van der Waals surface area contributed by atoms with E-state index in [2.05, 4.69) is 4.98 Å². The molecule has 0 fully saturated rings. The number of hydrogen-bond acceptors (Lipinski definition) is 3. The predicted molar refractivity (Wildman–Crippen MR) is 57.7 cm³/mol. The van der Waals surface area contributed by atoms with Crippen LogP contribution < -0.4 is 0 Å². The molecule has 4 nitrogen and oxygen atoms in total. The number of aliphatic carboxylic acids is 1. The van der Waals surface area contributed by atoms with Gasteiger partial charge in [-0.1, -0.05) is 6.07 Å². The number of nitrogens with zero attached hydrogens (tertiary/aromatic N) is 2. The molecule has 1 aromatic rings. The number of carbonyl (C=O) groups is 1. The third kappa shape index (κ3) is 5.12. The fourth-order valence-corrected chi connectivity index (χ4v) is 1.26. The van der Waals surface area contributed by atoms with Crippen LogP contribution in [0.25, 0.3) is 0 Å². The van der Waals surface area contributed by atoms with E-state index in [-0.39, 0.29) is 6.42 Å². The summed E-state index contributed by atoms with van der Waals surface area (Å²) in [7, 11) is 1.93. The zero-order valence-electron chi connectivity index (χ0n) is 8.89. The summed E-state index contributed by atoms with van der Waals surface area (Å²) >= 11 is 0. The van der Waals surface area contributed by atoms with Gasteiger partial charge in [0.1, 0.15) is 0 Å². The van der Waals surface area contributed by atoms with E-state index in [0.29, 0.717) is 6.54 Å². The van der Waals surface area contributed by atoms with Crippen molar-refractivity contribution >= 4 is 5.97 Å². The van der Waals surface area contributed by atoms with E-state index < -0.39 is 5.97 Å². The molecule has 82 valence electrons. The van der Waals surface area contributed by atoms with Crippen LogP contribution in [0.1, 0.15) is 12.0 Å². The maximum atomic E-state index is 10.3. The van der Waals surface area contributed by atoms with Gasteiger partial charge < -0.3 is 10.0 Å². The van der Waals surface area contributed by atoms with E-state index in [9.17, 15) is 4.79 Å². The number of pyridine rings is 1. The second-order valence-corrected chi connectivity index (χ2v) is 3.56. The van der Waals surface area contributed by atoms with Gasteiger partial charge in [0.15, 0.2) is 0 Å². The first-order valence-corrected chi connectivity index (χ1v) is 4.97. The minimum Gasteiger partial charge on any atom is -0.481 e. The minimum absolute atomic E-state index is 0.198. The SMILES string of the molecule is CN(CCC(=O)O)CCc1cccnc1. The summed E-state index contributed by atoms with van der Waals surface area (Å²) in [6.45, 7) is 1.45. The second kappa shape index (κ2) is 6.14. The van der Waals surface area contributed by atoms with Crippen molar-refractivity contribution < 1.29 is 9.90 Å². The molecule has 4 heteroatoms. The van der Waals surface area contributed by atoms with Crippen LogP contribution in [0.4, 0.5) is 0 Å². The van der Waals surface area contributed by atoms with Gasteiger partial charge >= 0.3 is 5.97 Å². The average Bonchev–Trinajstić information content (AvgIpc) is 2.25. The Bertz CT molecular complexity index is 301. The van der Waals surface area contributed by atoms with Gasteiger partial charge in [-0.25, -0.2) is 0 Å². The molecule has 0 saturated carbocycles. The fourth-order valence-electron chi connectivity index (χ4n) is 1.26. The van der Waals surface area contributed by atoms with E-state index in [1.54, 1.807) is 6.20 Å². The van der Waals surface area contributed by atoms with Crippen molar-refractivity contribution in [1.82, 2.24) is 9.88 Å². The van der Waals surface area contributed by atoms with Crippen molar-refractivity contribution in [3.05, 3.63) is 30.1 Å². The van der Waals surface area contributed by atoms with Crippen LogP contribution >= 0.6 is 0 Å². The summed E-state index contributed by atoms with van der Waals surface area (Å²) in [6, 6.07) is 3.94. The normalized spacial score (nSPS) is 10.5. The van der Waals surface area contributed by atoms with Crippen LogP contribution in [0.3, 0.4) is 0 Å².